The largest absolute Gasteiger partial charge is 0.317 e. The van der Waals surface area contributed by atoms with Gasteiger partial charge >= 0.3 is 0 Å². The fourth-order valence-corrected chi connectivity index (χ4v) is 4.78. The standard InChI is InChI=1S/C15H29N3/c1-11-10-17(3)7-6-15(11)18-13-4-5-14(18)9-12(8-13)16-2/h11-16H,4-10H2,1-3H3. The molecule has 1 N–H and O–H groups in total. The lowest BCUT2D eigenvalue weighted by Crippen LogP contribution is -2.57. The van der Waals surface area contributed by atoms with Gasteiger partial charge in [-0.3, -0.25) is 4.90 Å². The van der Waals surface area contributed by atoms with Crippen molar-refractivity contribution in [2.24, 2.45) is 5.92 Å². The molecule has 18 heavy (non-hydrogen) atoms. The van der Waals surface area contributed by atoms with Crippen molar-refractivity contribution in [1.82, 2.24) is 15.1 Å². The molecule has 0 amide bonds. The third-order valence-corrected chi connectivity index (χ3v) is 5.64. The van der Waals surface area contributed by atoms with Gasteiger partial charge in [0.2, 0.25) is 0 Å². The molecule has 3 fully saturated rings. The highest BCUT2D eigenvalue weighted by molar-refractivity contribution is 5.01. The van der Waals surface area contributed by atoms with Gasteiger partial charge in [-0.1, -0.05) is 6.92 Å². The summed E-state index contributed by atoms with van der Waals surface area (Å²) in [6, 6.07) is 3.38. The smallest absolute Gasteiger partial charge is 0.0151 e. The van der Waals surface area contributed by atoms with Crippen LogP contribution in [0.25, 0.3) is 0 Å². The summed E-state index contributed by atoms with van der Waals surface area (Å²) in [5.41, 5.74) is 0. The van der Waals surface area contributed by atoms with E-state index in [0.717, 1.165) is 30.1 Å². The molecule has 0 radical (unpaired) electrons. The van der Waals surface area contributed by atoms with Crippen molar-refractivity contribution in [2.75, 3.05) is 27.2 Å². The van der Waals surface area contributed by atoms with Crippen LogP contribution in [0.5, 0.6) is 0 Å². The Balaban J connectivity index is 1.70. The van der Waals surface area contributed by atoms with Crippen LogP contribution in [0.4, 0.5) is 0 Å². The summed E-state index contributed by atoms with van der Waals surface area (Å²) in [6.45, 7) is 5.04. The summed E-state index contributed by atoms with van der Waals surface area (Å²) < 4.78 is 0. The van der Waals surface area contributed by atoms with E-state index < -0.39 is 0 Å². The molecule has 3 rings (SSSR count). The Morgan fingerprint density at radius 3 is 2.28 bits per heavy atom. The van der Waals surface area contributed by atoms with E-state index in [-0.39, 0.29) is 0 Å². The second-order valence-electron chi connectivity index (χ2n) is 6.88. The predicted molar refractivity (Wildman–Crippen MR) is 75.8 cm³/mol. The van der Waals surface area contributed by atoms with Gasteiger partial charge < -0.3 is 10.2 Å². The van der Waals surface area contributed by atoms with E-state index in [0.29, 0.717) is 0 Å². The minimum Gasteiger partial charge on any atom is -0.317 e. The van der Waals surface area contributed by atoms with Crippen molar-refractivity contribution in [3.05, 3.63) is 0 Å². The zero-order valence-corrected chi connectivity index (χ0v) is 12.2. The maximum Gasteiger partial charge on any atom is 0.0151 e. The Labute approximate surface area is 112 Å². The molecular weight excluding hydrogens is 222 g/mol. The van der Waals surface area contributed by atoms with E-state index >= 15 is 0 Å². The number of hydrogen-bond acceptors (Lipinski definition) is 3. The molecule has 0 aromatic carbocycles. The molecule has 3 saturated heterocycles. The minimum absolute atomic E-state index is 0.778. The van der Waals surface area contributed by atoms with Crippen LogP contribution in [0.2, 0.25) is 0 Å². The van der Waals surface area contributed by atoms with Crippen LogP contribution in [0.3, 0.4) is 0 Å². The molecule has 2 bridgehead atoms. The molecule has 3 heterocycles. The first kappa shape index (κ1) is 12.9. The SMILES string of the molecule is CNC1CC2CCC(C1)N2C1CCN(C)CC1C. The fraction of sp³-hybridized carbons (Fsp3) is 1.00. The molecule has 4 atom stereocenters. The first-order valence-electron chi connectivity index (χ1n) is 7.82. The van der Waals surface area contributed by atoms with Crippen molar-refractivity contribution in [1.29, 1.82) is 0 Å². The van der Waals surface area contributed by atoms with Gasteiger partial charge in [0.15, 0.2) is 0 Å². The molecule has 104 valence electrons. The molecule has 0 aromatic rings. The third kappa shape index (κ3) is 2.21. The summed E-state index contributed by atoms with van der Waals surface area (Å²) in [5, 5.41) is 3.51. The number of hydrogen-bond donors (Lipinski definition) is 1. The van der Waals surface area contributed by atoms with E-state index in [9.17, 15) is 0 Å². The average Bonchev–Trinajstić information content (AvgIpc) is 2.60. The molecule has 0 aliphatic carbocycles. The average molecular weight is 251 g/mol. The van der Waals surface area contributed by atoms with E-state index in [1.807, 2.05) is 0 Å². The lowest BCUT2D eigenvalue weighted by Gasteiger charge is -2.48. The zero-order chi connectivity index (χ0) is 12.7. The zero-order valence-electron chi connectivity index (χ0n) is 12.2. The summed E-state index contributed by atoms with van der Waals surface area (Å²) in [5.74, 6) is 0.845. The van der Waals surface area contributed by atoms with Gasteiger partial charge in [-0.05, 0) is 58.7 Å². The molecular formula is C15H29N3. The number of rotatable bonds is 2. The van der Waals surface area contributed by atoms with Gasteiger partial charge in [0.1, 0.15) is 0 Å². The molecule has 0 saturated carbocycles. The van der Waals surface area contributed by atoms with E-state index in [1.165, 1.54) is 45.2 Å². The monoisotopic (exact) mass is 251 g/mol. The van der Waals surface area contributed by atoms with Crippen molar-refractivity contribution >= 4 is 0 Å². The lowest BCUT2D eigenvalue weighted by molar-refractivity contribution is 0.0104. The van der Waals surface area contributed by atoms with Crippen LogP contribution >= 0.6 is 0 Å². The van der Waals surface area contributed by atoms with Gasteiger partial charge in [0, 0.05) is 30.7 Å². The van der Waals surface area contributed by atoms with Crippen LogP contribution in [-0.2, 0) is 0 Å². The van der Waals surface area contributed by atoms with E-state index in [2.05, 4.69) is 36.1 Å². The molecule has 3 heteroatoms. The summed E-state index contributed by atoms with van der Waals surface area (Å²) in [7, 11) is 4.41. The number of nitrogens with one attached hydrogen (secondary N) is 1. The highest BCUT2D eigenvalue weighted by Gasteiger charge is 2.45. The number of piperidine rings is 2. The van der Waals surface area contributed by atoms with Gasteiger partial charge in [-0.2, -0.15) is 0 Å². The van der Waals surface area contributed by atoms with Crippen LogP contribution in [0.15, 0.2) is 0 Å². The van der Waals surface area contributed by atoms with Gasteiger partial charge in [0.25, 0.3) is 0 Å². The molecule has 3 aliphatic heterocycles. The van der Waals surface area contributed by atoms with E-state index in [4.69, 9.17) is 0 Å². The third-order valence-electron chi connectivity index (χ3n) is 5.64. The molecule has 0 spiro atoms. The first-order chi connectivity index (χ1) is 8.69. The lowest BCUT2D eigenvalue weighted by atomic mass is 9.87. The highest BCUT2D eigenvalue weighted by atomic mass is 15.3. The molecule has 4 unspecified atom stereocenters. The second kappa shape index (κ2) is 5.10. The number of fused-ring (bicyclic) bond motifs is 2. The Morgan fingerprint density at radius 2 is 1.72 bits per heavy atom. The number of likely N-dealkylation sites (tertiary alicyclic amines) is 1. The van der Waals surface area contributed by atoms with Crippen LogP contribution in [-0.4, -0.2) is 61.2 Å². The summed E-state index contributed by atoms with van der Waals surface area (Å²) in [4.78, 5) is 5.44. The van der Waals surface area contributed by atoms with Crippen LogP contribution < -0.4 is 5.32 Å². The van der Waals surface area contributed by atoms with Crippen LogP contribution in [0.1, 0.15) is 39.0 Å². The second-order valence-corrected chi connectivity index (χ2v) is 6.88. The van der Waals surface area contributed by atoms with Gasteiger partial charge in [-0.25, -0.2) is 0 Å². The normalized spacial score (nSPS) is 46.5. The Kier molecular flexibility index (Phi) is 3.65. The summed E-state index contributed by atoms with van der Waals surface area (Å²) >= 11 is 0. The van der Waals surface area contributed by atoms with Gasteiger partial charge in [0.05, 0.1) is 0 Å². The highest BCUT2D eigenvalue weighted by Crippen LogP contribution is 2.40. The topological polar surface area (TPSA) is 18.5 Å². The Bertz CT molecular complexity index is 279. The minimum atomic E-state index is 0.778. The van der Waals surface area contributed by atoms with Crippen molar-refractivity contribution in [3.8, 4) is 0 Å². The van der Waals surface area contributed by atoms with Gasteiger partial charge in [-0.15, -0.1) is 0 Å². The van der Waals surface area contributed by atoms with Crippen molar-refractivity contribution < 1.29 is 0 Å². The fourth-order valence-electron chi connectivity index (χ4n) is 4.78. The van der Waals surface area contributed by atoms with Crippen molar-refractivity contribution in [2.45, 2.75) is 63.2 Å². The molecule has 0 aromatic heterocycles. The molecule has 3 nitrogen and oxygen atoms in total. The number of nitrogens with zero attached hydrogens (tertiary/aromatic N) is 2. The maximum atomic E-state index is 3.51. The quantitative estimate of drug-likeness (QED) is 0.803. The van der Waals surface area contributed by atoms with E-state index in [1.54, 1.807) is 0 Å². The van der Waals surface area contributed by atoms with Crippen molar-refractivity contribution in [3.63, 3.8) is 0 Å². The predicted octanol–water partition coefficient (Wildman–Crippen LogP) is 1.54. The first-order valence-corrected chi connectivity index (χ1v) is 7.82. The Morgan fingerprint density at radius 1 is 1.06 bits per heavy atom. The maximum absolute atomic E-state index is 3.51. The van der Waals surface area contributed by atoms with Crippen LogP contribution in [0, 0.1) is 5.92 Å². The summed E-state index contributed by atoms with van der Waals surface area (Å²) in [6.07, 6.45) is 7.04. The molecule has 3 aliphatic rings. The Hall–Kier alpha value is -0.120.